The Morgan fingerprint density at radius 2 is 1.64 bits per heavy atom. The van der Waals surface area contributed by atoms with E-state index in [0.29, 0.717) is 5.56 Å². The lowest BCUT2D eigenvalue weighted by molar-refractivity contribution is 0.101. The summed E-state index contributed by atoms with van der Waals surface area (Å²) in [5.74, 6) is -0.253. The molecule has 0 saturated carbocycles. The maximum Gasteiger partial charge on any atom is 0.161 e. The molecule has 0 bridgehead atoms. The summed E-state index contributed by atoms with van der Waals surface area (Å²) in [7, 11) is 0. The van der Waals surface area contributed by atoms with Gasteiger partial charge in [0, 0.05) is 16.9 Å². The van der Waals surface area contributed by atoms with Crippen molar-refractivity contribution in [2.45, 2.75) is 13.8 Å². The van der Waals surface area contributed by atoms with Crippen molar-refractivity contribution in [2.75, 3.05) is 0 Å². The molecule has 3 heteroatoms. The van der Waals surface area contributed by atoms with Crippen molar-refractivity contribution in [1.29, 1.82) is 0 Å². The number of ketones is 1. The fourth-order valence-electron chi connectivity index (χ4n) is 2.71. The molecule has 1 heterocycles. The summed E-state index contributed by atoms with van der Waals surface area (Å²) in [4.78, 5) is 11.9. The number of aromatic nitrogens is 1. The van der Waals surface area contributed by atoms with Gasteiger partial charge in [-0.15, -0.1) is 0 Å². The van der Waals surface area contributed by atoms with Crippen LogP contribution in [0.4, 0.5) is 4.39 Å². The molecule has 0 radical (unpaired) electrons. The van der Waals surface area contributed by atoms with Crippen LogP contribution in [0.1, 0.15) is 23.0 Å². The van der Waals surface area contributed by atoms with Crippen molar-refractivity contribution in [2.24, 2.45) is 0 Å². The topological polar surface area (TPSA) is 22.0 Å². The first-order valence-electron chi connectivity index (χ1n) is 7.12. The van der Waals surface area contributed by atoms with E-state index in [4.69, 9.17) is 0 Å². The summed E-state index contributed by atoms with van der Waals surface area (Å²) in [6, 6.07) is 18.1. The van der Waals surface area contributed by atoms with Gasteiger partial charge < -0.3 is 4.57 Å². The summed E-state index contributed by atoms with van der Waals surface area (Å²) in [5.41, 5.74) is 4.32. The van der Waals surface area contributed by atoms with Crippen LogP contribution < -0.4 is 0 Å². The normalized spacial score (nSPS) is 10.7. The van der Waals surface area contributed by atoms with E-state index >= 15 is 0 Å². The van der Waals surface area contributed by atoms with Gasteiger partial charge in [0.05, 0.1) is 5.69 Å². The molecule has 0 unspecified atom stereocenters. The summed E-state index contributed by atoms with van der Waals surface area (Å²) in [6.07, 6.45) is 0. The number of hydrogen-bond donors (Lipinski definition) is 0. The number of nitrogens with zero attached hydrogens (tertiary/aromatic N) is 1. The van der Waals surface area contributed by atoms with E-state index in [9.17, 15) is 9.18 Å². The Morgan fingerprint density at radius 1 is 1.00 bits per heavy atom. The Kier molecular flexibility index (Phi) is 3.63. The van der Waals surface area contributed by atoms with Crippen LogP contribution >= 0.6 is 0 Å². The minimum atomic E-state index is -0.276. The number of rotatable bonds is 3. The summed E-state index contributed by atoms with van der Waals surface area (Å²) in [6.45, 7) is 3.47. The predicted molar refractivity (Wildman–Crippen MR) is 85.9 cm³/mol. The van der Waals surface area contributed by atoms with Crippen LogP contribution in [0.3, 0.4) is 0 Å². The van der Waals surface area contributed by atoms with Crippen molar-refractivity contribution in [3.63, 3.8) is 0 Å². The van der Waals surface area contributed by atoms with Crippen LogP contribution in [0.25, 0.3) is 16.9 Å². The van der Waals surface area contributed by atoms with E-state index in [1.165, 1.54) is 12.1 Å². The van der Waals surface area contributed by atoms with Gasteiger partial charge in [0.1, 0.15) is 5.82 Å². The van der Waals surface area contributed by atoms with Crippen LogP contribution in [-0.4, -0.2) is 10.4 Å². The second-order valence-electron chi connectivity index (χ2n) is 5.26. The van der Waals surface area contributed by atoms with Crippen LogP contribution in [0, 0.1) is 12.7 Å². The van der Waals surface area contributed by atoms with Crippen molar-refractivity contribution in [3.8, 4) is 16.9 Å². The van der Waals surface area contributed by atoms with E-state index in [1.807, 2.05) is 47.9 Å². The average Bonchev–Trinajstić information content (AvgIpc) is 2.87. The zero-order valence-electron chi connectivity index (χ0n) is 12.5. The SMILES string of the molecule is CC(=O)c1cc(-c2ccccc2)n(-c2ccc(F)cc2)c1C. The first kappa shape index (κ1) is 14.3. The molecule has 0 aliphatic rings. The van der Waals surface area contributed by atoms with Crippen LogP contribution in [0.5, 0.6) is 0 Å². The molecule has 22 heavy (non-hydrogen) atoms. The van der Waals surface area contributed by atoms with Crippen LogP contribution in [-0.2, 0) is 0 Å². The molecule has 0 atom stereocenters. The molecule has 3 rings (SSSR count). The minimum absolute atomic E-state index is 0.0237. The fraction of sp³-hybridized carbons (Fsp3) is 0.105. The molecule has 0 fully saturated rings. The molecule has 0 amide bonds. The molecule has 3 aromatic rings. The molecular formula is C19H16FNO. The Bertz CT molecular complexity index is 817. The molecule has 2 nitrogen and oxygen atoms in total. The van der Waals surface area contributed by atoms with Gasteiger partial charge in [-0.1, -0.05) is 30.3 Å². The summed E-state index contributed by atoms with van der Waals surface area (Å²) >= 11 is 0. The maximum atomic E-state index is 13.2. The highest BCUT2D eigenvalue weighted by Crippen LogP contribution is 2.29. The number of carbonyl (C=O) groups excluding carboxylic acids is 1. The quantitative estimate of drug-likeness (QED) is 0.636. The van der Waals surface area contributed by atoms with E-state index < -0.39 is 0 Å². The highest BCUT2D eigenvalue weighted by atomic mass is 19.1. The molecule has 0 saturated heterocycles. The third-order valence-electron chi connectivity index (χ3n) is 3.78. The third kappa shape index (κ3) is 2.46. The lowest BCUT2D eigenvalue weighted by atomic mass is 10.1. The van der Waals surface area contributed by atoms with Gasteiger partial charge in [-0.05, 0) is 49.7 Å². The molecule has 0 N–H and O–H groups in total. The van der Waals surface area contributed by atoms with Gasteiger partial charge in [-0.2, -0.15) is 0 Å². The van der Waals surface area contributed by atoms with E-state index in [1.54, 1.807) is 19.1 Å². The van der Waals surface area contributed by atoms with Gasteiger partial charge in [-0.25, -0.2) is 4.39 Å². The third-order valence-corrected chi connectivity index (χ3v) is 3.78. The summed E-state index contributed by atoms with van der Waals surface area (Å²) < 4.78 is 15.2. The van der Waals surface area contributed by atoms with Crippen LogP contribution in [0.2, 0.25) is 0 Å². The lowest BCUT2D eigenvalue weighted by Crippen LogP contribution is -2.01. The van der Waals surface area contributed by atoms with Gasteiger partial charge in [0.2, 0.25) is 0 Å². The zero-order valence-corrected chi connectivity index (χ0v) is 12.5. The van der Waals surface area contributed by atoms with E-state index in [2.05, 4.69) is 0 Å². The smallest absolute Gasteiger partial charge is 0.161 e. The number of hydrogen-bond acceptors (Lipinski definition) is 1. The Hall–Kier alpha value is -2.68. The van der Waals surface area contributed by atoms with Gasteiger partial charge in [0.25, 0.3) is 0 Å². The first-order valence-corrected chi connectivity index (χ1v) is 7.12. The maximum absolute atomic E-state index is 13.2. The second kappa shape index (κ2) is 5.60. The molecule has 0 aliphatic carbocycles. The molecule has 1 aromatic heterocycles. The van der Waals surface area contributed by atoms with Gasteiger partial charge in [0.15, 0.2) is 5.78 Å². The summed E-state index contributed by atoms with van der Waals surface area (Å²) in [5, 5.41) is 0. The number of benzene rings is 2. The van der Waals surface area contributed by atoms with E-state index in [0.717, 1.165) is 22.6 Å². The minimum Gasteiger partial charge on any atom is -0.313 e. The number of carbonyl (C=O) groups is 1. The zero-order chi connectivity index (χ0) is 15.7. The lowest BCUT2D eigenvalue weighted by Gasteiger charge is -2.12. The molecule has 110 valence electrons. The van der Waals surface area contributed by atoms with Gasteiger partial charge >= 0.3 is 0 Å². The standard InChI is InChI=1S/C19H16FNO/c1-13-18(14(2)22)12-19(15-6-4-3-5-7-15)21(13)17-10-8-16(20)9-11-17/h3-12H,1-2H3. The van der Waals surface area contributed by atoms with E-state index in [-0.39, 0.29) is 11.6 Å². The fourth-order valence-corrected chi connectivity index (χ4v) is 2.71. The van der Waals surface area contributed by atoms with Crippen molar-refractivity contribution in [3.05, 3.63) is 77.7 Å². The Morgan fingerprint density at radius 3 is 2.23 bits per heavy atom. The Balaban J connectivity index is 2.27. The Labute approximate surface area is 128 Å². The molecule has 2 aromatic carbocycles. The van der Waals surface area contributed by atoms with Crippen molar-refractivity contribution in [1.82, 2.24) is 4.57 Å². The van der Waals surface area contributed by atoms with Gasteiger partial charge in [-0.3, -0.25) is 4.79 Å². The monoisotopic (exact) mass is 293 g/mol. The predicted octanol–water partition coefficient (Wildman–Crippen LogP) is 4.79. The highest BCUT2D eigenvalue weighted by molar-refractivity contribution is 5.97. The van der Waals surface area contributed by atoms with Crippen LogP contribution in [0.15, 0.2) is 60.7 Å². The average molecular weight is 293 g/mol. The second-order valence-corrected chi connectivity index (χ2v) is 5.26. The highest BCUT2D eigenvalue weighted by Gasteiger charge is 2.17. The number of halogens is 1. The largest absolute Gasteiger partial charge is 0.313 e. The molecule has 0 spiro atoms. The molecular weight excluding hydrogens is 277 g/mol. The van der Waals surface area contributed by atoms with Crippen molar-refractivity contribution >= 4 is 5.78 Å². The number of Topliss-reactive ketones (excluding diaryl/α,β-unsaturated/α-hetero) is 1. The first-order chi connectivity index (χ1) is 10.6. The van der Waals surface area contributed by atoms with Crippen molar-refractivity contribution < 1.29 is 9.18 Å². The molecule has 0 aliphatic heterocycles.